The lowest BCUT2D eigenvalue weighted by Gasteiger charge is -2.50. The first-order chi connectivity index (χ1) is 30.3. The van der Waals surface area contributed by atoms with Gasteiger partial charge in [-0.05, 0) is 13.8 Å². The summed E-state index contributed by atoms with van der Waals surface area (Å²) >= 11 is 0. The summed E-state index contributed by atoms with van der Waals surface area (Å²) in [4.78, 5) is 0. The first-order valence-corrected chi connectivity index (χ1v) is 20.7. The molecule has 0 aliphatic carbocycles. The van der Waals surface area contributed by atoms with Crippen molar-refractivity contribution in [2.45, 2.75) is 198 Å². The van der Waals surface area contributed by atoms with Crippen LogP contribution in [0.2, 0.25) is 0 Å². The van der Waals surface area contributed by atoms with E-state index in [0.29, 0.717) is 0 Å². The zero-order valence-corrected chi connectivity index (χ0v) is 34.4. The predicted octanol–water partition coefficient (Wildman–Crippen LogP) is -11.0. The zero-order valence-electron chi connectivity index (χ0n) is 34.4. The molecule has 0 bridgehead atoms. The first-order valence-electron chi connectivity index (χ1n) is 20.7. The molecule has 6 aliphatic heterocycles. The van der Waals surface area contributed by atoms with Gasteiger partial charge in [0.25, 0.3) is 0 Å². The average molecular weight is 943 g/mol. The predicted molar refractivity (Wildman–Crippen MR) is 195 cm³/mol. The summed E-state index contributed by atoms with van der Waals surface area (Å²) in [6, 6.07) is 0. The minimum absolute atomic E-state index is 0.178. The van der Waals surface area contributed by atoms with E-state index in [2.05, 4.69) is 0 Å². The van der Waals surface area contributed by atoms with E-state index in [1.165, 1.54) is 13.8 Å². The second-order valence-electron chi connectivity index (χ2n) is 16.6. The van der Waals surface area contributed by atoms with Crippen LogP contribution in [0.5, 0.6) is 0 Å². The molecule has 64 heavy (non-hydrogen) atoms. The van der Waals surface area contributed by atoms with Gasteiger partial charge in [0.05, 0.1) is 44.7 Å². The minimum Gasteiger partial charge on any atom is -0.394 e. The van der Waals surface area contributed by atoms with Gasteiger partial charge in [0.1, 0.15) is 122 Å². The van der Waals surface area contributed by atoms with Crippen LogP contribution in [0.3, 0.4) is 0 Å². The van der Waals surface area contributed by atoms with Gasteiger partial charge in [-0.3, -0.25) is 0 Å². The second kappa shape index (κ2) is 22.1. The fourth-order valence-corrected chi connectivity index (χ4v) is 8.29. The van der Waals surface area contributed by atoms with Gasteiger partial charge in [-0.1, -0.05) is 0 Å². The Hall–Kier alpha value is -1.12. The lowest BCUT2D eigenvalue weighted by Crippen LogP contribution is -2.68. The molecule has 0 aromatic rings. The van der Waals surface area contributed by atoms with E-state index in [0.717, 1.165) is 0 Å². The van der Waals surface area contributed by atoms with Crippen molar-refractivity contribution in [2.24, 2.45) is 0 Å². The van der Waals surface area contributed by atoms with E-state index in [-0.39, 0.29) is 6.42 Å². The number of aliphatic hydroxyl groups excluding tert-OH is 17. The Bertz CT molecular complexity index is 1440. The largest absolute Gasteiger partial charge is 0.394 e. The Morgan fingerprint density at radius 1 is 0.328 bits per heavy atom. The summed E-state index contributed by atoms with van der Waals surface area (Å²) in [6.07, 6.45) is -52.1. The molecule has 0 amide bonds. The van der Waals surface area contributed by atoms with Gasteiger partial charge < -0.3 is 139 Å². The summed E-state index contributed by atoms with van der Waals surface area (Å²) in [5.41, 5.74) is 0. The molecule has 1 unspecified atom stereocenters. The SMILES string of the molecule is C[C@@H]1O[C@@H](O[C@@H]2[C@@H](O[C@@H]3[C@@H](O[C@H]4[C@H](O[C@H]5O[C@H](CO)[C@@H](O)[C@H](O)[C@H]5O)[C@@H](CO)OC(O)[C@@H]4O)O[C@H](CO)[C@@H](O)[C@@H]3O)O[C@H](CO)[C@@H](O)[C@@H]2O)[C@H](O)[C@H](O[C@H]2O[C@H](C)[C@H](O)C[C@H]2O)[C@H]1O. The molecule has 0 saturated carbocycles. The van der Waals surface area contributed by atoms with Crippen molar-refractivity contribution in [3.63, 3.8) is 0 Å². The Balaban J connectivity index is 1.28. The summed E-state index contributed by atoms with van der Waals surface area (Å²) < 4.78 is 62.8. The highest BCUT2D eigenvalue weighted by Gasteiger charge is 2.57. The molecule has 6 heterocycles. The Morgan fingerprint density at radius 2 is 0.750 bits per heavy atom. The van der Waals surface area contributed by atoms with Gasteiger partial charge in [0, 0.05) is 6.42 Å². The van der Waals surface area contributed by atoms with Crippen molar-refractivity contribution >= 4 is 0 Å². The van der Waals surface area contributed by atoms with Crippen LogP contribution in [-0.4, -0.2) is 291 Å². The maximum atomic E-state index is 11.5. The standard InChI is InChI=1S/C36H62O28/c1-8-10(41)3-11(42)32(54-8)61-27-16(43)9(2)55-34(25(27)52)63-29-21(48)18(45)14(6-39)59-36(29)64-30-22(49)19(46)13(5-38)58-35(30)62-28-24(51)31(53)56-15(7-40)26(28)60-33-23(50)20(47)17(44)12(4-37)57-33/h8-53H,3-7H2,1-2H3/t8-,9+,10-,11-,12-,13-,14-,15-,16+,17-,18-,19-,20+,21+,22+,23-,24-,25-,26-,27-,28-,29+,30+,31?,32-,33-,34+,35-,36-/m1/s1. The molecule has 6 fully saturated rings. The summed E-state index contributed by atoms with van der Waals surface area (Å²) in [5, 5.41) is 181. The van der Waals surface area contributed by atoms with Crippen molar-refractivity contribution in [1.82, 2.24) is 0 Å². The molecule has 0 aromatic carbocycles. The van der Waals surface area contributed by atoms with Crippen LogP contribution in [0.25, 0.3) is 0 Å². The van der Waals surface area contributed by atoms with Crippen LogP contribution >= 0.6 is 0 Å². The fraction of sp³-hybridized carbons (Fsp3) is 1.00. The Kier molecular flexibility index (Phi) is 18.0. The van der Waals surface area contributed by atoms with E-state index < -0.39 is 205 Å². The molecule has 28 nitrogen and oxygen atoms in total. The summed E-state index contributed by atoms with van der Waals surface area (Å²) in [5.74, 6) is 0. The molecule has 28 heteroatoms. The molecule has 374 valence electrons. The van der Waals surface area contributed by atoms with Gasteiger partial charge in [-0.25, -0.2) is 0 Å². The van der Waals surface area contributed by atoms with E-state index in [4.69, 9.17) is 52.1 Å². The number of ether oxygens (including phenoxy) is 11. The quantitative estimate of drug-likeness (QED) is 0.0769. The molecule has 29 atom stereocenters. The lowest BCUT2D eigenvalue weighted by molar-refractivity contribution is -0.410. The second-order valence-corrected chi connectivity index (χ2v) is 16.6. The number of aliphatic hydroxyl groups is 17. The first kappa shape index (κ1) is 52.3. The molecule has 6 aliphatic rings. The van der Waals surface area contributed by atoms with Crippen molar-refractivity contribution in [3.8, 4) is 0 Å². The normalized spacial score (nSPS) is 54.1. The summed E-state index contributed by atoms with van der Waals surface area (Å²) in [6.45, 7) is -0.963. The topological polar surface area (TPSA) is 445 Å². The van der Waals surface area contributed by atoms with E-state index in [9.17, 15) is 86.8 Å². The molecule has 6 saturated heterocycles. The van der Waals surface area contributed by atoms with Crippen LogP contribution < -0.4 is 0 Å². The van der Waals surface area contributed by atoms with Crippen LogP contribution in [0, 0.1) is 0 Å². The minimum atomic E-state index is -2.16. The monoisotopic (exact) mass is 942 g/mol. The van der Waals surface area contributed by atoms with Crippen molar-refractivity contribution < 1.29 is 139 Å². The average Bonchev–Trinajstić information content (AvgIpc) is 3.27. The van der Waals surface area contributed by atoms with Crippen molar-refractivity contribution in [2.75, 3.05) is 26.4 Å². The third kappa shape index (κ3) is 10.7. The highest BCUT2D eigenvalue weighted by Crippen LogP contribution is 2.37. The summed E-state index contributed by atoms with van der Waals surface area (Å²) in [7, 11) is 0. The van der Waals surface area contributed by atoms with E-state index >= 15 is 0 Å². The van der Waals surface area contributed by atoms with Crippen LogP contribution in [0.15, 0.2) is 0 Å². The van der Waals surface area contributed by atoms with Gasteiger partial charge in [-0.2, -0.15) is 0 Å². The zero-order chi connectivity index (χ0) is 47.1. The van der Waals surface area contributed by atoms with Crippen molar-refractivity contribution in [3.05, 3.63) is 0 Å². The highest BCUT2D eigenvalue weighted by atomic mass is 16.8. The molecular formula is C36H62O28. The molecule has 0 radical (unpaired) electrons. The maximum Gasteiger partial charge on any atom is 0.187 e. The van der Waals surface area contributed by atoms with Gasteiger partial charge in [0.15, 0.2) is 37.7 Å². The molecule has 0 spiro atoms. The Labute approximate surface area is 363 Å². The molecule has 0 aromatic heterocycles. The third-order valence-corrected chi connectivity index (χ3v) is 12.2. The van der Waals surface area contributed by atoms with Crippen LogP contribution in [0.4, 0.5) is 0 Å². The number of hydrogen-bond donors (Lipinski definition) is 17. The van der Waals surface area contributed by atoms with E-state index in [1.54, 1.807) is 0 Å². The van der Waals surface area contributed by atoms with Crippen molar-refractivity contribution in [1.29, 1.82) is 0 Å². The Morgan fingerprint density at radius 3 is 1.28 bits per heavy atom. The van der Waals surface area contributed by atoms with Gasteiger partial charge in [0.2, 0.25) is 0 Å². The van der Waals surface area contributed by atoms with Gasteiger partial charge in [-0.15, -0.1) is 0 Å². The van der Waals surface area contributed by atoms with E-state index in [1.807, 2.05) is 0 Å². The van der Waals surface area contributed by atoms with Crippen LogP contribution in [-0.2, 0) is 52.1 Å². The third-order valence-electron chi connectivity index (χ3n) is 12.2. The highest BCUT2D eigenvalue weighted by molar-refractivity contribution is 4.99. The number of rotatable bonds is 14. The molecular weight excluding hydrogens is 880 g/mol. The number of hydrogen-bond acceptors (Lipinski definition) is 28. The van der Waals surface area contributed by atoms with Crippen LogP contribution in [0.1, 0.15) is 20.3 Å². The van der Waals surface area contributed by atoms with Gasteiger partial charge >= 0.3 is 0 Å². The maximum absolute atomic E-state index is 11.5. The molecule has 6 rings (SSSR count). The smallest absolute Gasteiger partial charge is 0.187 e. The lowest BCUT2D eigenvalue weighted by atomic mass is 9.95. The fourth-order valence-electron chi connectivity index (χ4n) is 8.29. The molecule has 17 N–H and O–H groups in total.